The van der Waals surface area contributed by atoms with Crippen LogP contribution in [0.5, 0.6) is 17.2 Å². The average molecular weight is 339 g/mol. The zero-order valence-corrected chi connectivity index (χ0v) is 16.0. The highest BCUT2D eigenvalue weighted by Crippen LogP contribution is 2.39. The van der Waals surface area contributed by atoms with Crippen LogP contribution in [0.3, 0.4) is 0 Å². The second-order valence-electron chi connectivity index (χ2n) is 6.18. The summed E-state index contributed by atoms with van der Waals surface area (Å²) in [4.78, 5) is 0. The van der Waals surface area contributed by atoms with Crippen LogP contribution in [0.4, 0.5) is 0 Å². The van der Waals surface area contributed by atoms with E-state index in [4.69, 9.17) is 14.2 Å². The quantitative estimate of drug-likeness (QED) is 0.810. The Balaban J connectivity index is 2.63. The van der Waals surface area contributed by atoms with Crippen molar-refractivity contribution in [1.82, 2.24) is 0 Å². The number of methoxy groups -OCH3 is 3. The molecule has 0 saturated carbocycles. The highest BCUT2D eigenvalue weighted by Gasteiger charge is 2.18. The predicted octanol–water partition coefficient (Wildman–Crippen LogP) is 4.41. The van der Waals surface area contributed by atoms with E-state index in [1.807, 2.05) is 19.1 Å². The molecule has 0 radical (unpaired) electrons. The van der Waals surface area contributed by atoms with E-state index in [9.17, 15) is 5.26 Å². The van der Waals surface area contributed by atoms with E-state index in [2.05, 4.69) is 26.8 Å². The SMILES string of the molecule is COc1cc(Cc2c(C)c(C)c(C)c(C)c2C#N)cc(OC)c1OC. The van der Waals surface area contributed by atoms with E-state index < -0.39 is 0 Å². The van der Waals surface area contributed by atoms with E-state index in [-0.39, 0.29) is 0 Å². The molecule has 132 valence electrons. The van der Waals surface area contributed by atoms with E-state index in [0.717, 1.165) is 27.8 Å². The largest absolute Gasteiger partial charge is 0.493 e. The number of nitriles is 1. The summed E-state index contributed by atoms with van der Waals surface area (Å²) in [6.07, 6.45) is 0.632. The zero-order valence-electron chi connectivity index (χ0n) is 16.0. The van der Waals surface area contributed by atoms with Gasteiger partial charge < -0.3 is 14.2 Å². The van der Waals surface area contributed by atoms with E-state index in [1.54, 1.807) is 21.3 Å². The maximum absolute atomic E-state index is 9.68. The number of ether oxygens (including phenoxy) is 3. The molecule has 4 heteroatoms. The van der Waals surface area contributed by atoms with E-state index in [0.29, 0.717) is 23.7 Å². The first-order valence-corrected chi connectivity index (χ1v) is 8.17. The lowest BCUT2D eigenvalue weighted by molar-refractivity contribution is 0.324. The molecule has 0 aliphatic rings. The number of rotatable bonds is 5. The zero-order chi connectivity index (χ0) is 18.7. The number of benzene rings is 2. The van der Waals surface area contributed by atoms with Crippen molar-refractivity contribution in [3.05, 3.63) is 51.1 Å². The van der Waals surface area contributed by atoms with Crippen LogP contribution in [0.2, 0.25) is 0 Å². The third-order valence-electron chi connectivity index (χ3n) is 5.03. The molecule has 0 bridgehead atoms. The molecule has 2 aromatic carbocycles. The van der Waals surface area contributed by atoms with Crippen LogP contribution < -0.4 is 14.2 Å². The fourth-order valence-corrected chi connectivity index (χ4v) is 3.20. The van der Waals surface area contributed by atoms with Gasteiger partial charge in [-0.05, 0) is 79.6 Å². The molecule has 0 saturated heterocycles. The standard InChI is InChI=1S/C21H25NO3/c1-12-13(2)15(4)18(11-22)17(14(12)3)8-16-9-19(23-5)21(25-7)20(10-16)24-6/h9-10H,8H2,1-7H3. The molecule has 0 aliphatic heterocycles. The van der Waals surface area contributed by atoms with Crippen molar-refractivity contribution in [2.45, 2.75) is 34.1 Å². The number of hydrogen-bond acceptors (Lipinski definition) is 4. The van der Waals surface area contributed by atoms with Gasteiger partial charge in [-0.1, -0.05) is 0 Å². The first kappa shape index (κ1) is 18.7. The van der Waals surface area contributed by atoms with Gasteiger partial charge in [-0.25, -0.2) is 0 Å². The Kier molecular flexibility index (Phi) is 5.58. The molecule has 4 nitrogen and oxygen atoms in total. The molecule has 0 unspecified atom stereocenters. The molecule has 0 aromatic heterocycles. The summed E-state index contributed by atoms with van der Waals surface area (Å²) in [6, 6.07) is 6.26. The molecule has 25 heavy (non-hydrogen) atoms. The Morgan fingerprint density at radius 3 is 1.76 bits per heavy atom. The van der Waals surface area contributed by atoms with Crippen molar-refractivity contribution in [2.24, 2.45) is 0 Å². The molecule has 2 rings (SSSR count). The van der Waals surface area contributed by atoms with Crippen molar-refractivity contribution in [1.29, 1.82) is 5.26 Å². The second-order valence-corrected chi connectivity index (χ2v) is 6.18. The minimum atomic E-state index is 0.572. The van der Waals surface area contributed by atoms with E-state index >= 15 is 0 Å². The van der Waals surface area contributed by atoms with Gasteiger partial charge in [0.25, 0.3) is 0 Å². The van der Waals surface area contributed by atoms with Gasteiger partial charge >= 0.3 is 0 Å². The second kappa shape index (κ2) is 7.48. The Hall–Kier alpha value is -2.67. The molecule has 0 amide bonds. The van der Waals surface area contributed by atoms with Gasteiger partial charge in [-0.15, -0.1) is 0 Å². The van der Waals surface area contributed by atoms with Gasteiger partial charge in [-0.3, -0.25) is 0 Å². The lowest BCUT2D eigenvalue weighted by atomic mass is 9.86. The summed E-state index contributed by atoms with van der Waals surface area (Å²) in [5.74, 6) is 1.81. The monoisotopic (exact) mass is 339 g/mol. The van der Waals surface area contributed by atoms with Crippen molar-refractivity contribution < 1.29 is 14.2 Å². The fraction of sp³-hybridized carbons (Fsp3) is 0.381. The number of nitrogens with zero attached hydrogens (tertiary/aromatic N) is 1. The van der Waals surface area contributed by atoms with Crippen LogP contribution in [-0.2, 0) is 6.42 Å². The molecule has 2 aromatic rings. The topological polar surface area (TPSA) is 51.5 Å². The summed E-state index contributed by atoms with van der Waals surface area (Å²) < 4.78 is 16.3. The highest BCUT2D eigenvalue weighted by molar-refractivity contribution is 5.59. The normalized spacial score (nSPS) is 10.3. The molecular weight excluding hydrogens is 314 g/mol. The lowest BCUT2D eigenvalue weighted by Gasteiger charge is -2.19. The van der Waals surface area contributed by atoms with Crippen LogP contribution in [0.25, 0.3) is 0 Å². The minimum Gasteiger partial charge on any atom is -0.493 e. The van der Waals surface area contributed by atoms with Crippen LogP contribution in [-0.4, -0.2) is 21.3 Å². The Labute approximate surface area is 150 Å². The summed E-state index contributed by atoms with van der Waals surface area (Å²) in [7, 11) is 4.80. The van der Waals surface area contributed by atoms with Crippen molar-refractivity contribution in [3.8, 4) is 23.3 Å². The van der Waals surface area contributed by atoms with Gasteiger partial charge in [0.15, 0.2) is 11.5 Å². The van der Waals surface area contributed by atoms with Gasteiger partial charge in [0.1, 0.15) is 0 Å². The molecule has 0 N–H and O–H groups in total. The molecule has 0 spiro atoms. The fourth-order valence-electron chi connectivity index (χ4n) is 3.20. The smallest absolute Gasteiger partial charge is 0.203 e. The average Bonchev–Trinajstić information content (AvgIpc) is 2.63. The molecule has 0 aliphatic carbocycles. The predicted molar refractivity (Wildman–Crippen MR) is 99.0 cm³/mol. The van der Waals surface area contributed by atoms with Gasteiger partial charge in [0, 0.05) is 0 Å². The Morgan fingerprint density at radius 1 is 0.800 bits per heavy atom. The van der Waals surface area contributed by atoms with Crippen molar-refractivity contribution in [2.75, 3.05) is 21.3 Å². The van der Waals surface area contributed by atoms with Gasteiger partial charge in [0.05, 0.1) is 33.0 Å². The van der Waals surface area contributed by atoms with Crippen molar-refractivity contribution in [3.63, 3.8) is 0 Å². The highest BCUT2D eigenvalue weighted by atomic mass is 16.5. The Morgan fingerprint density at radius 2 is 1.32 bits per heavy atom. The summed E-state index contributed by atoms with van der Waals surface area (Å²) >= 11 is 0. The maximum Gasteiger partial charge on any atom is 0.203 e. The molecule has 0 heterocycles. The van der Waals surface area contributed by atoms with Crippen molar-refractivity contribution >= 4 is 0 Å². The van der Waals surface area contributed by atoms with Crippen LogP contribution in [0, 0.1) is 39.0 Å². The lowest BCUT2D eigenvalue weighted by Crippen LogP contribution is -2.05. The van der Waals surface area contributed by atoms with Crippen LogP contribution >= 0.6 is 0 Å². The minimum absolute atomic E-state index is 0.572. The molecule has 0 fully saturated rings. The first-order chi connectivity index (χ1) is 11.9. The number of hydrogen-bond donors (Lipinski definition) is 0. The third-order valence-corrected chi connectivity index (χ3v) is 5.03. The van der Waals surface area contributed by atoms with Crippen LogP contribution in [0.1, 0.15) is 38.9 Å². The third kappa shape index (κ3) is 3.28. The van der Waals surface area contributed by atoms with Gasteiger partial charge in [0.2, 0.25) is 5.75 Å². The van der Waals surface area contributed by atoms with E-state index in [1.165, 1.54) is 11.1 Å². The van der Waals surface area contributed by atoms with Gasteiger partial charge in [-0.2, -0.15) is 5.26 Å². The summed E-state index contributed by atoms with van der Waals surface area (Å²) in [5, 5.41) is 9.68. The molecule has 0 atom stereocenters. The summed E-state index contributed by atoms with van der Waals surface area (Å²) in [5.41, 5.74) is 7.45. The summed E-state index contributed by atoms with van der Waals surface area (Å²) in [6.45, 7) is 8.27. The molecular formula is C21H25NO3. The first-order valence-electron chi connectivity index (χ1n) is 8.17. The van der Waals surface area contributed by atoms with Crippen LogP contribution in [0.15, 0.2) is 12.1 Å². The maximum atomic E-state index is 9.68. The Bertz CT molecular complexity index is 822.